The van der Waals surface area contributed by atoms with Gasteiger partial charge in [-0.25, -0.2) is 13.1 Å². The van der Waals surface area contributed by atoms with E-state index in [9.17, 15) is 8.42 Å². The predicted octanol–water partition coefficient (Wildman–Crippen LogP) is 3.02. The monoisotopic (exact) mass is 318 g/mol. The van der Waals surface area contributed by atoms with Crippen LogP contribution in [0.3, 0.4) is 0 Å². The van der Waals surface area contributed by atoms with Gasteiger partial charge in [0.1, 0.15) is 0 Å². The number of aryl methyl sites for hydroxylation is 1. The largest absolute Gasteiger partial charge is 0.312 e. The molecule has 0 spiro atoms. The lowest BCUT2D eigenvalue weighted by atomic mass is 10.1. The van der Waals surface area contributed by atoms with Gasteiger partial charge in [-0.05, 0) is 32.4 Å². The molecule has 0 aromatic carbocycles. The molecule has 4 nitrogen and oxygen atoms in total. The molecule has 20 heavy (non-hydrogen) atoms. The summed E-state index contributed by atoms with van der Waals surface area (Å²) in [6.07, 6.45) is 2.68. The molecule has 1 aromatic heterocycles. The Morgan fingerprint density at radius 3 is 2.55 bits per heavy atom. The molecule has 1 heterocycles. The Morgan fingerprint density at radius 1 is 1.30 bits per heavy atom. The molecule has 0 saturated carbocycles. The molecule has 0 aliphatic carbocycles. The Morgan fingerprint density at radius 2 is 2.00 bits per heavy atom. The van der Waals surface area contributed by atoms with Crippen molar-refractivity contribution in [3.63, 3.8) is 0 Å². The van der Waals surface area contributed by atoms with Crippen molar-refractivity contribution in [1.29, 1.82) is 0 Å². The normalized spacial score (nSPS) is 13.6. The van der Waals surface area contributed by atoms with Crippen molar-refractivity contribution in [1.82, 2.24) is 10.0 Å². The van der Waals surface area contributed by atoms with E-state index in [4.69, 9.17) is 0 Å². The highest BCUT2D eigenvalue weighted by molar-refractivity contribution is 7.89. The summed E-state index contributed by atoms with van der Waals surface area (Å²) < 4.78 is 27.7. The maximum Gasteiger partial charge on any atom is 0.241 e. The summed E-state index contributed by atoms with van der Waals surface area (Å²) in [5.74, 6) is 0. The lowest BCUT2D eigenvalue weighted by molar-refractivity contribution is 0.512. The SMILES string of the molecule is CCCC(CC)NS(=O)(=O)c1cc(CNCC)sc1C. The van der Waals surface area contributed by atoms with Gasteiger partial charge in [0.05, 0.1) is 4.90 Å². The highest BCUT2D eigenvalue weighted by Crippen LogP contribution is 2.26. The summed E-state index contributed by atoms with van der Waals surface area (Å²) in [5, 5.41) is 3.22. The van der Waals surface area contributed by atoms with Crippen LogP contribution < -0.4 is 10.0 Å². The Labute approximate surface area is 127 Å². The standard InChI is InChI=1S/C14H26N2O2S2/c1-5-8-12(6-2)16-20(17,18)14-9-13(10-15-7-3)19-11(14)4/h9,12,15-16H,5-8,10H2,1-4H3. The second kappa shape index (κ2) is 8.12. The highest BCUT2D eigenvalue weighted by atomic mass is 32.2. The second-order valence-electron chi connectivity index (χ2n) is 4.93. The summed E-state index contributed by atoms with van der Waals surface area (Å²) in [7, 11) is -3.40. The van der Waals surface area contributed by atoms with E-state index in [0.29, 0.717) is 4.90 Å². The Hall–Kier alpha value is -0.430. The van der Waals surface area contributed by atoms with Crippen molar-refractivity contribution in [2.45, 2.75) is 64.4 Å². The van der Waals surface area contributed by atoms with Gasteiger partial charge in [0, 0.05) is 22.3 Å². The Balaban J connectivity index is 2.88. The lowest BCUT2D eigenvalue weighted by Crippen LogP contribution is -2.34. The summed E-state index contributed by atoms with van der Waals surface area (Å²) in [5.41, 5.74) is 0. The van der Waals surface area contributed by atoms with Crippen LogP contribution in [0.25, 0.3) is 0 Å². The van der Waals surface area contributed by atoms with Crippen molar-refractivity contribution in [3.05, 3.63) is 15.8 Å². The zero-order chi connectivity index (χ0) is 15.2. The third-order valence-corrected chi connectivity index (χ3v) is 6.04. The van der Waals surface area contributed by atoms with Crippen LogP contribution in [0, 0.1) is 6.92 Å². The van der Waals surface area contributed by atoms with Gasteiger partial charge in [-0.2, -0.15) is 0 Å². The van der Waals surface area contributed by atoms with Crippen LogP contribution in [0.4, 0.5) is 0 Å². The van der Waals surface area contributed by atoms with E-state index in [1.54, 1.807) is 17.4 Å². The van der Waals surface area contributed by atoms with E-state index in [1.165, 1.54) is 0 Å². The third kappa shape index (κ3) is 4.84. The lowest BCUT2D eigenvalue weighted by Gasteiger charge is -2.16. The van der Waals surface area contributed by atoms with Gasteiger partial charge in [0.25, 0.3) is 0 Å². The van der Waals surface area contributed by atoms with E-state index in [2.05, 4.69) is 17.0 Å². The van der Waals surface area contributed by atoms with Gasteiger partial charge in [-0.1, -0.05) is 27.2 Å². The van der Waals surface area contributed by atoms with Gasteiger partial charge in [-0.3, -0.25) is 0 Å². The number of rotatable bonds is 9. The van der Waals surface area contributed by atoms with Crippen LogP contribution >= 0.6 is 11.3 Å². The molecule has 1 aromatic rings. The van der Waals surface area contributed by atoms with Gasteiger partial charge < -0.3 is 5.32 Å². The van der Waals surface area contributed by atoms with Gasteiger partial charge in [-0.15, -0.1) is 11.3 Å². The zero-order valence-corrected chi connectivity index (χ0v) is 14.5. The molecule has 0 saturated heterocycles. The predicted molar refractivity (Wildman–Crippen MR) is 85.7 cm³/mol. The summed E-state index contributed by atoms with van der Waals surface area (Å²) in [6.45, 7) is 9.60. The van der Waals surface area contributed by atoms with Crippen molar-refractivity contribution in [3.8, 4) is 0 Å². The molecular formula is C14H26N2O2S2. The Bertz CT molecular complexity index is 509. The van der Waals surface area contributed by atoms with E-state index in [-0.39, 0.29) is 6.04 Å². The smallest absolute Gasteiger partial charge is 0.241 e. The summed E-state index contributed by atoms with van der Waals surface area (Å²) in [4.78, 5) is 2.36. The molecule has 0 amide bonds. The van der Waals surface area contributed by atoms with Crippen LogP contribution in [-0.4, -0.2) is 21.0 Å². The van der Waals surface area contributed by atoms with Crippen molar-refractivity contribution in [2.24, 2.45) is 0 Å². The summed E-state index contributed by atoms with van der Waals surface area (Å²) in [6, 6.07) is 1.82. The molecule has 1 rings (SSSR count). The number of nitrogens with one attached hydrogen (secondary N) is 2. The number of hydrogen-bond acceptors (Lipinski definition) is 4. The van der Waals surface area contributed by atoms with Crippen molar-refractivity contribution in [2.75, 3.05) is 6.54 Å². The van der Waals surface area contributed by atoms with Gasteiger partial charge in [0.2, 0.25) is 10.0 Å². The minimum Gasteiger partial charge on any atom is -0.312 e. The average Bonchev–Trinajstić information content (AvgIpc) is 2.77. The molecule has 0 fully saturated rings. The molecule has 1 unspecified atom stereocenters. The maximum absolute atomic E-state index is 12.5. The first-order valence-corrected chi connectivity index (χ1v) is 9.56. The molecule has 0 radical (unpaired) electrons. The minimum absolute atomic E-state index is 0.0292. The number of hydrogen-bond donors (Lipinski definition) is 2. The first-order valence-electron chi connectivity index (χ1n) is 7.26. The molecule has 1 atom stereocenters. The van der Waals surface area contributed by atoms with Crippen molar-refractivity contribution < 1.29 is 8.42 Å². The summed E-state index contributed by atoms with van der Waals surface area (Å²) >= 11 is 1.55. The molecule has 116 valence electrons. The molecule has 0 aliphatic rings. The topological polar surface area (TPSA) is 58.2 Å². The van der Waals surface area contributed by atoms with Gasteiger partial charge in [0.15, 0.2) is 0 Å². The molecule has 0 aliphatic heterocycles. The van der Waals surface area contributed by atoms with Crippen molar-refractivity contribution >= 4 is 21.4 Å². The zero-order valence-electron chi connectivity index (χ0n) is 12.8. The fourth-order valence-corrected chi connectivity index (χ4v) is 5.06. The fourth-order valence-electron chi connectivity index (χ4n) is 2.10. The van der Waals surface area contributed by atoms with E-state index in [1.807, 2.05) is 20.8 Å². The van der Waals surface area contributed by atoms with Gasteiger partial charge >= 0.3 is 0 Å². The first-order chi connectivity index (χ1) is 9.44. The molecular weight excluding hydrogens is 292 g/mol. The van der Waals surface area contributed by atoms with E-state index in [0.717, 1.165) is 42.1 Å². The minimum atomic E-state index is -3.40. The Kier molecular flexibility index (Phi) is 7.15. The third-order valence-electron chi connectivity index (χ3n) is 3.21. The first kappa shape index (κ1) is 17.6. The van der Waals surface area contributed by atoms with E-state index >= 15 is 0 Å². The molecule has 0 bridgehead atoms. The van der Waals surface area contributed by atoms with Crippen LogP contribution in [0.5, 0.6) is 0 Å². The molecule has 6 heteroatoms. The quantitative estimate of drug-likeness (QED) is 0.736. The average molecular weight is 319 g/mol. The fraction of sp³-hybridized carbons (Fsp3) is 0.714. The second-order valence-corrected chi connectivity index (χ2v) is 7.95. The maximum atomic E-state index is 12.5. The number of thiophene rings is 1. The van der Waals surface area contributed by atoms with Crippen LogP contribution in [0.2, 0.25) is 0 Å². The van der Waals surface area contributed by atoms with E-state index < -0.39 is 10.0 Å². The van der Waals surface area contributed by atoms with Crippen LogP contribution in [-0.2, 0) is 16.6 Å². The molecule has 2 N–H and O–H groups in total. The van der Waals surface area contributed by atoms with Crippen LogP contribution in [0.1, 0.15) is 49.8 Å². The number of sulfonamides is 1. The van der Waals surface area contributed by atoms with Crippen LogP contribution in [0.15, 0.2) is 11.0 Å². The highest BCUT2D eigenvalue weighted by Gasteiger charge is 2.22.